The van der Waals surface area contributed by atoms with Gasteiger partial charge in [-0.25, -0.2) is 0 Å². The van der Waals surface area contributed by atoms with Gasteiger partial charge in [-0.3, -0.25) is 0 Å². The molecule has 2 fully saturated rings. The van der Waals surface area contributed by atoms with E-state index in [0.717, 1.165) is 0 Å². The molecule has 0 aromatic heterocycles. The summed E-state index contributed by atoms with van der Waals surface area (Å²) >= 11 is 6.21. The molecular weight excluding hydrogens is 204 g/mol. The van der Waals surface area contributed by atoms with Crippen molar-refractivity contribution < 1.29 is 0 Å². The Balaban J connectivity index is 0.000000120. The zero-order chi connectivity index (χ0) is 8.49. The molecule has 0 spiro atoms. The maximum atomic E-state index is 2.09. The van der Waals surface area contributed by atoms with E-state index in [2.05, 4.69) is 35.3 Å². The number of hydrogen-bond donors (Lipinski definition) is 0. The summed E-state index contributed by atoms with van der Waals surface area (Å²) in [7, 11) is 0. The van der Waals surface area contributed by atoms with E-state index < -0.39 is 0 Å². The van der Waals surface area contributed by atoms with Crippen LogP contribution < -0.4 is 0 Å². The van der Waals surface area contributed by atoms with Crippen LogP contribution in [0.3, 0.4) is 0 Å². The van der Waals surface area contributed by atoms with Crippen LogP contribution in [-0.4, -0.2) is 28.1 Å². The Kier molecular flexibility index (Phi) is 8.01. The van der Waals surface area contributed by atoms with E-state index in [1.165, 1.54) is 53.8 Å². The molecule has 0 unspecified atom stereocenters. The van der Waals surface area contributed by atoms with Crippen LogP contribution >= 0.6 is 35.3 Å². The fraction of sp³-hybridized carbons (Fsp3) is 1.00. The Morgan fingerprint density at radius 2 is 1.08 bits per heavy atom. The molecule has 0 bridgehead atoms. The Hall–Kier alpha value is 1.05. The second-order valence-corrected chi connectivity index (χ2v) is 6.76. The van der Waals surface area contributed by atoms with Crippen LogP contribution in [0.15, 0.2) is 0 Å². The monoisotopic (exact) mass is 222 g/mol. The highest BCUT2D eigenvalue weighted by atomic mass is 32.2. The highest BCUT2D eigenvalue weighted by molar-refractivity contribution is 8.16. The van der Waals surface area contributed by atoms with Crippen LogP contribution in [-0.2, 0) is 0 Å². The third-order valence-electron chi connectivity index (χ3n) is 1.82. The van der Waals surface area contributed by atoms with Gasteiger partial charge in [0.25, 0.3) is 0 Å². The second-order valence-electron chi connectivity index (χ2n) is 2.96. The van der Waals surface area contributed by atoms with Gasteiger partial charge in [0, 0.05) is 5.08 Å². The smallest absolute Gasteiger partial charge is 0.0392 e. The fourth-order valence-corrected chi connectivity index (χ4v) is 4.44. The van der Waals surface area contributed by atoms with Crippen LogP contribution in [0.1, 0.15) is 25.7 Å². The summed E-state index contributed by atoms with van der Waals surface area (Å²) in [6, 6.07) is 0. The molecule has 72 valence electrons. The van der Waals surface area contributed by atoms with Crippen molar-refractivity contribution in [2.75, 3.05) is 28.1 Å². The molecule has 0 saturated carbocycles. The van der Waals surface area contributed by atoms with Crippen molar-refractivity contribution in [2.24, 2.45) is 0 Å². The van der Waals surface area contributed by atoms with Gasteiger partial charge in [0.15, 0.2) is 0 Å². The van der Waals surface area contributed by atoms with Crippen molar-refractivity contribution in [1.29, 1.82) is 0 Å². The van der Waals surface area contributed by atoms with Gasteiger partial charge in [0.1, 0.15) is 0 Å². The largest absolute Gasteiger partial charge is 0.162 e. The van der Waals surface area contributed by atoms with E-state index in [-0.39, 0.29) is 0 Å². The van der Waals surface area contributed by atoms with E-state index in [1.54, 1.807) is 0 Å². The fourth-order valence-electron chi connectivity index (χ4n) is 1.13. The van der Waals surface area contributed by atoms with E-state index in [4.69, 9.17) is 0 Å². The summed E-state index contributed by atoms with van der Waals surface area (Å²) in [6.07, 6.45) is 5.83. The van der Waals surface area contributed by atoms with Gasteiger partial charge in [-0.05, 0) is 42.3 Å². The Labute approximate surface area is 89.0 Å². The lowest BCUT2D eigenvalue weighted by Crippen LogP contribution is -1.91. The van der Waals surface area contributed by atoms with E-state index in [9.17, 15) is 0 Å². The van der Waals surface area contributed by atoms with Crippen molar-refractivity contribution in [1.82, 2.24) is 0 Å². The third kappa shape index (κ3) is 6.55. The summed E-state index contributed by atoms with van der Waals surface area (Å²) in [6.45, 7) is 0. The summed E-state index contributed by atoms with van der Waals surface area (Å²) in [5.41, 5.74) is 0. The molecule has 12 heavy (non-hydrogen) atoms. The highest BCUT2D eigenvalue weighted by Crippen LogP contribution is 2.19. The van der Waals surface area contributed by atoms with Crippen LogP contribution in [0.2, 0.25) is 0 Å². The van der Waals surface area contributed by atoms with Crippen molar-refractivity contribution >= 4 is 35.3 Å². The zero-order valence-electron chi connectivity index (χ0n) is 7.59. The lowest BCUT2D eigenvalue weighted by atomic mass is 10.3. The van der Waals surface area contributed by atoms with Gasteiger partial charge >= 0.3 is 0 Å². The van der Waals surface area contributed by atoms with Gasteiger partial charge < -0.3 is 0 Å². The molecule has 0 aliphatic carbocycles. The summed E-state index contributed by atoms with van der Waals surface area (Å²) < 4.78 is 0. The summed E-state index contributed by atoms with van der Waals surface area (Å²) in [5, 5.41) is 1.33. The molecule has 3 heteroatoms. The van der Waals surface area contributed by atoms with Crippen LogP contribution in [0.4, 0.5) is 0 Å². The molecule has 2 heterocycles. The van der Waals surface area contributed by atoms with E-state index >= 15 is 0 Å². The van der Waals surface area contributed by atoms with Crippen LogP contribution in [0, 0.1) is 0 Å². The van der Waals surface area contributed by atoms with Crippen LogP contribution in [0.5, 0.6) is 0 Å². The average molecular weight is 222 g/mol. The lowest BCUT2D eigenvalue weighted by molar-refractivity contribution is 0.764. The molecule has 2 aliphatic rings. The molecule has 0 nitrogen and oxygen atoms in total. The second kappa shape index (κ2) is 8.64. The maximum Gasteiger partial charge on any atom is 0.0392 e. The van der Waals surface area contributed by atoms with Gasteiger partial charge in [-0.15, -0.1) is 0 Å². The van der Waals surface area contributed by atoms with Crippen LogP contribution in [0.25, 0.3) is 0 Å². The minimum absolute atomic E-state index is 1.33. The van der Waals surface area contributed by atoms with Crippen molar-refractivity contribution in [3.8, 4) is 0 Å². The normalized spacial score (nSPS) is 24.0. The molecule has 0 atom stereocenters. The number of thioether (sulfide) groups is 3. The molecule has 0 N–H and O–H groups in total. The number of hydrogen-bond acceptors (Lipinski definition) is 3. The van der Waals surface area contributed by atoms with Crippen molar-refractivity contribution in [2.45, 2.75) is 25.7 Å². The van der Waals surface area contributed by atoms with Gasteiger partial charge in [0.05, 0.1) is 0 Å². The molecule has 0 aromatic carbocycles. The van der Waals surface area contributed by atoms with E-state index in [1.807, 2.05) is 0 Å². The first-order chi connectivity index (χ1) is 6.00. The third-order valence-corrected chi connectivity index (χ3v) is 5.46. The first-order valence-electron chi connectivity index (χ1n) is 4.73. The molecule has 2 aliphatic heterocycles. The molecule has 0 radical (unpaired) electrons. The first kappa shape index (κ1) is 11.1. The summed E-state index contributed by atoms with van der Waals surface area (Å²) in [5.74, 6) is 5.62. The van der Waals surface area contributed by atoms with Gasteiger partial charge in [0.2, 0.25) is 0 Å². The summed E-state index contributed by atoms with van der Waals surface area (Å²) in [4.78, 5) is 0. The molecular formula is C9H18S3. The Morgan fingerprint density at radius 3 is 1.25 bits per heavy atom. The predicted octanol–water partition coefficient (Wildman–Crippen LogP) is 3.72. The SMILES string of the molecule is C1CCSCC1.C1CSCSC1. The predicted molar refractivity (Wildman–Crippen MR) is 65.6 cm³/mol. The van der Waals surface area contributed by atoms with E-state index in [0.29, 0.717) is 0 Å². The minimum atomic E-state index is 1.33. The Bertz CT molecular complexity index is 52.8. The maximum absolute atomic E-state index is 2.09. The lowest BCUT2D eigenvalue weighted by Gasteiger charge is -2.05. The molecule has 2 rings (SSSR count). The minimum Gasteiger partial charge on any atom is -0.162 e. The quantitative estimate of drug-likeness (QED) is 0.613. The van der Waals surface area contributed by atoms with Gasteiger partial charge in [-0.2, -0.15) is 35.3 Å². The number of rotatable bonds is 0. The van der Waals surface area contributed by atoms with Crippen molar-refractivity contribution in [3.63, 3.8) is 0 Å². The standard InChI is InChI=1S/C5H10S.C4H8S2/c1-2-4-6-5-3-1;1-2-5-4-6-3-1/h1-5H2;1-4H2. The average Bonchev–Trinajstić information content (AvgIpc) is 2.24. The molecule has 0 aromatic rings. The zero-order valence-corrected chi connectivity index (χ0v) is 10.0. The highest BCUT2D eigenvalue weighted by Gasteiger charge is 1.96. The first-order valence-corrected chi connectivity index (χ1v) is 8.20. The Morgan fingerprint density at radius 1 is 0.500 bits per heavy atom. The topological polar surface area (TPSA) is 0 Å². The van der Waals surface area contributed by atoms with Gasteiger partial charge in [-0.1, -0.05) is 6.42 Å². The van der Waals surface area contributed by atoms with Crippen molar-refractivity contribution in [3.05, 3.63) is 0 Å². The molecule has 2 saturated heterocycles. The molecule has 0 amide bonds.